The number of aryl methyl sites for hydroxylation is 1. The molecule has 0 fully saturated rings. The molecule has 5 aromatic rings. The lowest BCUT2D eigenvalue weighted by Crippen LogP contribution is -2.04. The first-order valence-electron chi connectivity index (χ1n) is 11.3. The number of hydrogen-bond donors (Lipinski definition) is 2. The van der Waals surface area contributed by atoms with Gasteiger partial charge in [-0.25, -0.2) is 14.9 Å². The lowest BCUT2D eigenvalue weighted by atomic mass is 9.94. The molecule has 0 aliphatic carbocycles. The lowest BCUT2D eigenvalue weighted by Gasteiger charge is -2.17. The van der Waals surface area contributed by atoms with Gasteiger partial charge in [-0.3, -0.25) is 4.57 Å². The third-order valence-electron chi connectivity index (χ3n) is 6.09. The molecule has 2 heterocycles. The van der Waals surface area contributed by atoms with Gasteiger partial charge in [0.2, 0.25) is 0 Å². The molecule has 3 aromatic carbocycles. The molecule has 0 unspecified atom stereocenters. The minimum atomic E-state index is -0.955. The molecule has 0 spiro atoms. The summed E-state index contributed by atoms with van der Waals surface area (Å²) in [5.74, 6) is 0.578. The van der Waals surface area contributed by atoms with Crippen molar-refractivity contribution in [1.82, 2.24) is 30.2 Å². The Morgan fingerprint density at radius 1 is 1.03 bits per heavy atom. The second-order valence-electron chi connectivity index (χ2n) is 8.22. The Labute approximate surface area is 196 Å². The van der Waals surface area contributed by atoms with Crippen molar-refractivity contribution < 1.29 is 9.90 Å². The van der Waals surface area contributed by atoms with Crippen LogP contribution in [-0.4, -0.2) is 41.3 Å². The second-order valence-corrected chi connectivity index (χ2v) is 8.22. The van der Waals surface area contributed by atoms with Gasteiger partial charge in [0.05, 0.1) is 22.3 Å². The Morgan fingerprint density at radius 2 is 1.82 bits per heavy atom. The molecule has 170 valence electrons. The zero-order chi connectivity index (χ0) is 23.7. The van der Waals surface area contributed by atoms with Gasteiger partial charge in [-0.2, -0.15) is 0 Å². The number of aromatic nitrogens is 6. The van der Waals surface area contributed by atoms with Crippen LogP contribution in [0.3, 0.4) is 0 Å². The van der Waals surface area contributed by atoms with Crippen LogP contribution in [0, 0.1) is 6.92 Å². The summed E-state index contributed by atoms with van der Waals surface area (Å²) in [5.41, 5.74) is 6.91. The Morgan fingerprint density at radius 3 is 2.56 bits per heavy atom. The van der Waals surface area contributed by atoms with Gasteiger partial charge in [0.25, 0.3) is 0 Å². The smallest absolute Gasteiger partial charge is 0.335 e. The van der Waals surface area contributed by atoms with Crippen LogP contribution in [-0.2, 0) is 6.42 Å². The number of fused-ring (bicyclic) bond motifs is 1. The molecular formula is C26H24N6O2. The van der Waals surface area contributed by atoms with Crippen LogP contribution in [0.4, 0.5) is 0 Å². The molecular weight excluding hydrogens is 428 g/mol. The number of unbranched alkanes of at least 4 members (excludes halogenated alkanes) is 1. The fourth-order valence-corrected chi connectivity index (χ4v) is 4.39. The molecule has 0 aliphatic heterocycles. The number of tetrazole rings is 1. The summed E-state index contributed by atoms with van der Waals surface area (Å²) in [6, 6.07) is 19.4. The topological polar surface area (TPSA) is 110 Å². The van der Waals surface area contributed by atoms with Crippen molar-refractivity contribution in [1.29, 1.82) is 0 Å². The van der Waals surface area contributed by atoms with Crippen LogP contribution in [0.2, 0.25) is 0 Å². The van der Waals surface area contributed by atoms with E-state index in [9.17, 15) is 9.90 Å². The van der Waals surface area contributed by atoms with Gasteiger partial charge < -0.3 is 5.11 Å². The Bertz CT molecular complexity index is 1490. The highest BCUT2D eigenvalue weighted by Crippen LogP contribution is 2.35. The summed E-state index contributed by atoms with van der Waals surface area (Å²) in [4.78, 5) is 16.4. The van der Waals surface area contributed by atoms with Gasteiger partial charge in [-0.05, 0) is 64.7 Å². The van der Waals surface area contributed by atoms with E-state index < -0.39 is 5.97 Å². The van der Waals surface area contributed by atoms with Crippen LogP contribution in [0.15, 0.2) is 60.7 Å². The number of rotatable bonds is 7. The number of carboxylic acid groups (broad SMARTS) is 1. The average molecular weight is 453 g/mol. The van der Waals surface area contributed by atoms with E-state index in [0.29, 0.717) is 11.3 Å². The van der Waals surface area contributed by atoms with Crippen LogP contribution in [0.25, 0.3) is 39.2 Å². The van der Waals surface area contributed by atoms with Gasteiger partial charge in [-0.1, -0.05) is 49.7 Å². The predicted octanol–water partition coefficient (Wildman–Crippen LogP) is 5.22. The highest BCUT2D eigenvalue weighted by molar-refractivity contribution is 5.93. The van der Waals surface area contributed by atoms with Gasteiger partial charge in [0.1, 0.15) is 5.82 Å². The average Bonchev–Trinajstić information content (AvgIpc) is 3.51. The van der Waals surface area contributed by atoms with E-state index in [1.807, 2.05) is 30.3 Å². The van der Waals surface area contributed by atoms with Crippen LogP contribution >= 0.6 is 0 Å². The number of imidazole rings is 1. The number of hydrogen-bond acceptors (Lipinski definition) is 5. The van der Waals surface area contributed by atoms with Gasteiger partial charge in [0.15, 0.2) is 5.82 Å². The summed E-state index contributed by atoms with van der Waals surface area (Å²) < 4.78 is 2.16. The number of nitrogens with zero attached hydrogens (tertiary/aromatic N) is 5. The first-order valence-corrected chi connectivity index (χ1v) is 11.3. The Kier molecular flexibility index (Phi) is 5.63. The largest absolute Gasteiger partial charge is 0.478 e. The summed E-state index contributed by atoms with van der Waals surface area (Å²) in [5, 5.41) is 23.9. The SMILES string of the molecule is CCCCc1nc2cc(C(=O)O)ccc2n1-c1cccc(-c2ccccc2-c2nnn[nH]2)c1C. The van der Waals surface area contributed by atoms with E-state index in [1.165, 1.54) is 0 Å². The van der Waals surface area contributed by atoms with Crippen molar-refractivity contribution in [3.63, 3.8) is 0 Å². The van der Waals surface area contributed by atoms with E-state index in [1.54, 1.807) is 12.1 Å². The number of H-pyrrole nitrogens is 1. The second kappa shape index (κ2) is 8.90. The number of carboxylic acids is 1. The summed E-state index contributed by atoms with van der Waals surface area (Å²) in [6.07, 6.45) is 2.84. The van der Waals surface area contributed by atoms with Crippen LogP contribution in [0.5, 0.6) is 0 Å². The molecule has 2 N–H and O–H groups in total. The van der Waals surface area contributed by atoms with E-state index in [4.69, 9.17) is 4.98 Å². The molecule has 8 nitrogen and oxygen atoms in total. The molecule has 0 saturated carbocycles. The fraction of sp³-hybridized carbons (Fsp3) is 0.192. The van der Waals surface area contributed by atoms with Crippen molar-refractivity contribution >= 4 is 17.0 Å². The number of aromatic carboxylic acids is 1. The fourth-order valence-electron chi connectivity index (χ4n) is 4.39. The summed E-state index contributed by atoms with van der Waals surface area (Å²) >= 11 is 0. The Balaban J connectivity index is 1.72. The molecule has 0 radical (unpaired) electrons. The number of carbonyl (C=O) groups is 1. The maximum atomic E-state index is 11.5. The zero-order valence-corrected chi connectivity index (χ0v) is 19.0. The first kappa shape index (κ1) is 21.5. The Hall–Kier alpha value is -4.33. The van der Waals surface area contributed by atoms with Gasteiger partial charge in [-0.15, -0.1) is 5.10 Å². The highest BCUT2D eigenvalue weighted by atomic mass is 16.4. The highest BCUT2D eigenvalue weighted by Gasteiger charge is 2.19. The molecule has 0 amide bonds. The maximum absolute atomic E-state index is 11.5. The van der Waals surface area contributed by atoms with E-state index in [2.05, 4.69) is 57.2 Å². The van der Waals surface area contributed by atoms with Crippen molar-refractivity contribution in [3.8, 4) is 28.2 Å². The molecule has 8 heteroatoms. The number of nitrogens with one attached hydrogen (secondary N) is 1. The van der Waals surface area contributed by atoms with Gasteiger partial charge in [0, 0.05) is 12.0 Å². The van der Waals surface area contributed by atoms with Gasteiger partial charge >= 0.3 is 5.97 Å². The molecule has 2 aromatic heterocycles. The monoisotopic (exact) mass is 452 g/mol. The molecule has 5 rings (SSSR count). The predicted molar refractivity (Wildman–Crippen MR) is 130 cm³/mol. The molecule has 0 atom stereocenters. The van der Waals surface area contributed by atoms with E-state index in [-0.39, 0.29) is 5.56 Å². The molecule has 0 bridgehead atoms. The van der Waals surface area contributed by atoms with Crippen molar-refractivity contribution in [2.45, 2.75) is 33.1 Å². The van der Waals surface area contributed by atoms with Crippen LogP contribution < -0.4 is 0 Å². The van der Waals surface area contributed by atoms with Crippen LogP contribution in [0.1, 0.15) is 41.5 Å². The van der Waals surface area contributed by atoms with Crippen molar-refractivity contribution in [2.75, 3.05) is 0 Å². The van der Waals surface area contributed by atoms with Crippen molar-refractivity contribution in [2.24, 2.45) is 0 Å². The zero-order valence-electron chi connectivity index (χ0n) is 19.0. The lowest BCUT2D eigenvalue weighted by molar-refractivity contribution is 0.0697. The number of aromatic amines is 1. The van der Waals surface area contributed by atoms with Crippen molar-refractivity contribution in [3.05, 3.63) is 77.6 Å². The standard InChI is InChI=1S/C26H24N6O2/c1-3-4-12-24-27-21-15-17(26(33)34)13-14-23(21)32(24)22-11-7-10-18(16(22)2)19-8-5-6-9-20(19)25-28-30-31-29-25/h5-11,13-15H,3-4,12H2,1-2H3,(H,33,34)(H,28,29,30,31). The first-order chi connectivity index (χ1) is 16.6. The summed E-state index contributed by atoms with van der Waals surface area (Å²) in [7, 11) is 0. The minimum Gasteiger partial charge on any atom is -0.478 e. The molecule has 0 saturated heterocycles. The normalized spacial score (nSPS) is 11.2. The maximum Gasteiger partial charge on any atom is 0.335 e. The molecule has 0 aliphatic rings. The molecule has 34 heavy (non-hydrogen) atoms. The third kappa shape index (κ3) is 3.73. The number of benzene rings is 3. The van der Waals surface area contributed by atoms with E-state index >= 15 is 0 Å². The summed E-state index contributed by atoms with van der Waals surface area (Å²) in [6.45, 7) is 4.25. The van der Waals surface area contributed by atoms with E-state index in [0.717, 1.165) is 58.5 Å². The quantitative estimate of drug-likeness (QED) is 0.350. The third-order valence-corrected chi connectivity index (χ3v) is 6.09. The minimum absolute atomic E-state index is 0.235.